The molecule has 19 heavy (non-hydrogen) atoms. The van der Waals surface area contributed by atoms with Crippen LogP contribution in [-0.4, -0.2) is 38.7 Å². The first-order valence-corrected chi connectivity index (χ1v) is 7.17. The summed E-state index contributed by atoms with van der Waals surface area (Å²) in [6, 6.07) is 1.05. The van der Waals surface area contributed by atoms with Crippen molar-refractivity contribution in [2.75, 3.05) is 24.7 Å². The summed E-state index contributed by atoms with van der Waals surface area (Å²) in [6.07, 6.45) is 1.17. The second kappa shape index (κ2) is 6.43. The van der Waals surface area contributed by atoms with Crippen molar-refractivity contribution in [3.05, 3.63) is 23.6 Å². The minimum Gasteiger partial charge on any atom is -0.372 e. The van der Waals surface area contributed by atoms with E-state index < -0.39 is 21.7 Å². The summed E-state index contributed by atoms with van der Waals surface area (Å²) in [7, 11) is -1.99. The fourth-order valence-corrected chi connectivity index (χ4v) is 1.93. The highest BCUT2D eigenvalue weighted by atomic mass is 32.2. The molecule has 0 unspecified atom stereocenters. The van der Waals surface area contributed by atoms with Crippen molar-refractivity contribution in [2.24, 2.45) is 5.14 Å². The Bertz CT molecular complexity index is 562. The summed E-state index contributed by atoms with van der Waals surface area (Å²) in [6.45, 7) is 0.120. The summed E-state index contributed by atoms with van der Waals surface area (Å²) >= 11 is 0. The Morgan fingerprint density at radius 2 is 2.21 bits per heavy atom. The van der Waals surface area contributed by atoms with Gasteiger partial charge in [-0.05, 0) is 12.5 Å². The van der Waals surface area contributed by atoms with E-state index in [1.165, 1.54) is 0 Å². The predicted octanol–water partition coefficient (Wildman–Crippen LogP) is -0.329. The number of hydrogen-bond donors (Lipinski definition) is 3. The van der Waals surface area contributed by atoms with Crippen LogP contribution in [0, 0.1) is 5.82 Å². The zero-order chi connectivity index (χ0) is 14.5. The SMILES string of the molecule is CNc1ncc(F)cc1C(=O)NCCCS(N)(=O)=O. The third-order valence-corrected chi connectivity index (χ3v) is 3.08. The van der Waals surface area contributed by atoms with Crippen LogP contribution in [0.5, 0.6) is 0 Å². The molecule has 4 N–H and O–H groups in total. The van der Waals surface area contributed by atoms with Crippen molar-refractivity contribution in [3.63, 3.8) is 0 Å². The van der Waals surface area contributed by atoms with Crippen molar-refractivity contribution in [2.45, 2.75) is 6.42 Å². The number of nitrogens with one attached hydrogen (secondary N) is 2. The van der Waals surface area contributed by atoms with Crippen LogP contribution >= 0.6 is 0 Å². The Balaban J connectivity index is 2.61. The molecule has 0 saturated carbocycles. The van der Waals surface area contributed by atoms with E-state index in [-0.39, 0.29) is 30.1 Å². The molecule has 7 nitrogen and oxygen atoms in total. The summed E-state index contributed by atoms with van der Waals surface area (Å²) in [5.41, 5.74) is 0.0538. The molecule has 1 rings (SSSR count). The highest BCUT2D eigenvalue weighted by Gasteiger charge is 2.13. The lowest BCUT2D eigenvalue weighted by atomic mass is 10.2. The first-order valence-electron chi connectivity index (χ1n) is 5.45. The van der Waals surface area contributed by atoms with Crippen LogP contribution in [-0.2, 0) is 10.0 Å². The predicted molar refractivity (Wildman–Crippen MR) is 68.7 cm³/mol. The third kappa shape index (κ3) is 5.18. The fourth-order valence-electron chi connectivity index (χ4n) is 1.38. The Hall–Kier alpha value is -1.74. The van der Waals surface area contributed by atoms with Crippen LogP contribution in [0.2, 0.25) is 0 Å². The number of sulfonamides is 1. The molecule has 0 saturated heterocycles. The average Bonchev–Trinajstić information content (AvgIpc) is 2.33. The van der Waals surface area contributed by atoms with Gasteiger partial charge in [-0.15, -0.1) is 0 Å². The molecule has 0 radical (unpaired) electrons. The topological polar surface area (TPSA) is 114 Å². The molecule has 0 bridgehead atoms. The maximum absolute atomic E-state index is 13.0. The molecule has 1 aromatic heterocycles. The van der Waals surface area contributed by atoms with Gasteiger partial charge in [0.25, 0.3) is 5.91 Å². The molecule has 1 amide bonds. The van der Waals surface area contributed by atoms with E-state index in [0.29, 0.717) is 0 Å². The van der Waals surface area contributed by atoms with E-state index in [0.717, 1.165) is 12.3 Å². The van der Waals surface area contributed by atoms with E-state index in [9.17, 15) is 17.6 Å². The van der Waals surface area contributed by atoms with Crippen LogP contribution in [0.4, 0.5) is 10.2 Å². The van der Waals surface area contributed by atoms with Gasteiger partial charge in [-0.1, -0.05) is 0 Å². The number of anilines is 1. The molecule has 0 aliphatic rings. The van der Waals surface area contributed by atoms with Crippen molar-refractivity contribution in [1.82, 2.24) is 10.3 Å². The lowest BCUT2D eigenvalue weighted by Gasteiger charge is -2.08. The number of primary sulfonamides is 1. The molecule has 0 atom stereocenters. The quantitative estimate of drug-likeness (QED) is 0.621. The van der Waals surface area contributed by atoms with Crippen molar-refractivity contribution in [1.29, 1.82) is 0 Å². The van der Waals surface area contributed by atoms with Gasteiger partial charge in [-0.2, -0.15) is 0 Å². The van der Waals surface area contributed by atoms with Crippen LogP contribution < -0.4 is 15.8 Å². The first kappa shape index (κ1) is 15.3. The number of amides is 1. The Kier molecular flexibility index (Phi) is 5.19. The number of carbonyl (C=O) groups excluding carboxylic acids is 1. The van der Waals surface area contributed by atoms with E-state index in [2.05, 4.69) is 15.6 Å². The molecule has 0 aliphatic carbocycles. The zero-order valence-corrected chi connectivity index (χ0v) is 11.1. The highest BCUT2D eigenvalue weighted by molar-refractivity contribution is 7.89. The molecular weight excluding hydrogens is 275 g/mol. The number of nitrogens with zero attached hydrogens (tertiary/aromatic N) is 1. The maximum atomic E-state index is 13.0. The minimum absolute atomic E-state index is 0.0538. The van der Waals surface area contributed by atoms with Crippen LogP contribution in [0.25, 0.3) is 0 Å². The van der Waals surface area contributed by atoms with Crippen LogP contribution in [0.15, 0.2) is 12.3 Å². The summed E-state index contributed by atoms with van der Waals surface area (Å²) in [4.78, 5) is 15.5. The fraction of sp³-hybridized carbons (Fsp3) is 0.400. The number of rotatable bonds is 6. The molecule has 1 aromatic rings. The summed E-state index contributed by atoms with van der Waals surface area (Å²) in [5, 5.41) is 9.95. The van der Waals surface area contributed by atoms with Crippen LogP contribution in [0.1, 0.15) is 16.8 Å². The van der Waals surface area contributed by atoms with Gasteiger partial charge in [0.05, 0.1) is 17.5 Å². The maximum Gasteiger partial charge on any atom is 0.255 e. The first-order chi connectivity index (χ1) is 8.83. The van der Waals surface area contributed by atoms with Gasteiger partial charge >= 0.3 is 0 Å². The van der Waals surface area contributed by atoms with Gasteiger partial charge in [-0.25, -0.2) is 22.9 Å². The number of halogens is 1. The minimum atomic E-state index is -3.54. The molecule has 9 heteroatoms. The Morgan fingerprint density at radius 3 is 2.79 bits per heavy atom. The Labute approximate surface area is 110 Å². The van der Waals surface area contributed by atoms with Crippen molar-refractivity contribution < 1.29 is 17.6 Å². The number of carbonyl (C=O) groups is 1. The zero-order valence-electron chi connectivity index (χ0n) is 10.3. The van der Waals surface area contributed by atoms with Gasteiger partial charge < -0.3 is 10.6 Å². The Morgan fingerprint density at radius 1 is 1.53 bits per heavy atom. The number of pyridine rings is 1. The average molecular weight is 290 g/mol. The van der Waals surface area contributed by atoms with Crippen LogP contribution in [0.3, 0.4) is 0 Å². The van der Waals surface area contributed by atoms with Gasteiger partial charge in [0.1, 0.15) is 11.6 Å². The number of aromatic nitrogens is 1. The normalized spacial score (nSPS) is 11.1. The largest absolute Gasteiger partial charge is 0.372 e. The molecule has 1 heterocycles. The van der Waals surface area contributed by atoms with Gasteiger partial charge in [-0.3, -0.25) is 4.79 Å². The van der Waals surface area contributed by atoms with E-state index in [1.807, 2.05) is 0 Å². The summed E-state index contributed by atoms with van der Waals surface area (Å²) in [5.74, 6) is -1.15. The molecule has 0 fully saturated rings. The van der Waals surface area contributed by atoms with E-state index in [1.54, 1.807) is 7.05 Å². The monoisotopic (exact) mass is 290 g/mol. The van der Waals surface area contributed by atoms with Crippen molar-refractivity contribution >= 4 is 21.7 Å². The molecule has 0 aromatic carbocycles. The summed E-state index contributed by atoms with van der Waals surface area (Å²) < 4.78 is 34.4. The molecule has 0 spiro atoms. The van der Waals surface area contributed by atoms with Crippen molar-refractivity contribution in [3.8, 4) is 0 Å². The smallest absolute Gasteiger partial charge is 0.255 e. The molecular formula is C10H15FN4O3S. The van der Waals surface area contributed by atoms with E-state index in [4.69, 9.17) is 5.14 Å². The molecule has 0 aliphatic heterocycles. The van der Waals surface area contributed by atoms with Gasteiger partial charge in [0.2, 0.25) is 10.0 Å². The highest BCUT2D eigenvalue weighted by Crippen LogP contribution is 2.12. The van der Waals surface area contributed by atoms with Gasteiger partial charge in [0, 0.05) is 13.6 Å². The second-order valence-corrected chi connectivity index (χ2v) is 5.51. The second-order valence-electron chi connectivity index (χ2n) is 3.78. The third-order valence-electron chi connectivity index (χ3n) is 2.23. The number of nitrogens with two attached hydrogens (primary N) is 1. The molecule has 106 valence electrons. The lowest BCUT2D eigenvalue weighted by molar-refractivity contribution is 0.0953. The lowest BCUT2D eigenvalue weighted by Crippen LogP contribution is -2.28. The number of hydrogen-bond acceptors (Lipinski definition) is 5. The van der Waals surface area contributed by atoms with E-state index >= 15 is 0 Å². The van der Waals surface area contributed by atoms with Gasteiger partial charge in [0.15, 0.2) is 0 Å². The standard InChI is InChI=1S/C10H15FN4O3S/c1-13-9-8(5-7(11)6-15-9)10(16)14-3-2-4-19(12,17)18/h5-6H,2-4H2,1H3,(H,13,15)(H,14,16)(H2,12,17,18).